The van der Waals surface area contributed by atoms with Gasteiger partial charge in [-0.2, -0.15) is 0 Å². The van der Waals surface area contributed by atoms with E-state index in [1.807, 2.05) is 18.2 Å². The lowest BCUT2D eigenvalue weighted by Crippen LogP contribution is -2.60. The van der Waals surface area contributed by atoms with Gasteiger partial charge in [0.05, 0.1) is 8.59 Å². The Morgan fingerprint density at radius 2 is 1.93 bits per heavy atom. The van der Waals surface area contributed by atoms with Gasteiger partial charge in [-0.3, -0.25) is 9.78 Å². The van der Waals surface area contributed by atoms with Crippen LogP contribution in [-0.2, 0) is 4.79 Å². The van der Waals surface area contributed by atoms with Crippen molar-refractivity contribution in [3.05, 3.63) is 33.0 Å². The van der Waals surface area contributed by atoms with E-state index in [-0.39, 0.29) is 18.1 Å². The zero-order valence-corrected chi connectivity index (χ0v) is 17.9. The molecule has 0 aliphatic heterocycles. The van der Waals surface area contributed by atoms with E-state index in [0.717, 1.165) is 46.0 Å². The molecule has 4 fully saturated rings. The van der Waals surface area contributed by atoms with Gasteiger partial charge in [-0.05, 0) is 97.1 Å². The lowest BCUT2D eigenvalue weighted by atomic mass is 9.53. The molecule has 1 aromatic heterocycles. The third-order valence-electron chi connectivity index (χ3n) is 6.54. The second kappa shape index (κ2) is 6.76. The molecule has 4 aliphatic rings. The van der Waals surface area contributed by atoms with Crippen LogP contribution < -0.4 is 10.1 Å². The Kier molecular flexibility index (Phi) is 4.50. The van der Waals surface area contributed by atoms with Crippen molar-refractivity contribution in [1.29, 1.82) is 0 Å². The first-order valence-electron chi connectivity index (χ1n) is 9.68. The van der Waals surface area contributed by atoms with Gasteiger partial charge in [0.1, 0.15) is 5.52 Å². The number of fused-ring (bicyclic) bond motifs is 1. The number of aromatic nitrogens is 1. The minimum atomic E-state index is -0.0215. The van der Waals surface area contributed by atoms with Crippen molar-refractivity contribution in [2.75, 3.05) is 6.61 Å². The predicted octanol–water partition coefficient (Wildman–Crippen LogP) is 4.96. The zero-order valence-electron chi connectivity index (χ0n) is 15.0. The molecule has 1 heterocycles. The number of rotatable bonds is 4. The Morgan fingerprint density at radius 3 is 2.59 bits per heavy atom. The van der Waals surface area contributed by atoms with Crippen molar-refractivity contribution in [3.63, 3.8) is 0 Å². The Balaban J connectivity index is 1.31. The smallest absolute Gasteiger partial charge is 0.258 e. The summed E-state index contributed by atoms with van der Waals surface area (Å²) in [5.74, 6) is 3.04. The van der Waals surface area contributed by atoms with E-state index in [9.17, 15) is 4.79 Å². The predicted molar refractivity (Wildman–Crippen MR) is 114 cm³/mol. The Morgan fingerprint density at radius 1 is 1.26 bits per heavy atom. The lowest BCUT2D eigenvalue weighted by molar-refractivity contribution is -0.128. The Labute approximate surface area is 177 Å². The maximum absolute atomic E-state index is 12.7. The molecule has 1 aromatic carbocycles. The van der Waals surface area contributed by atoms with Gasteiger partial charge in [0, 0.05) is 17.1 Å². The third kappa shape index (κ3) is 3.31. The molecule has 0 radical (unpaired) electrons. The molecule has 142 valence electrons. The highest BCUT2D eigenvalue weighted by Crippen LogP contribution is 2.55. The van der Waals surface area contributed by atoms with Crippen molar-refractivity contribution < 1.29 is 9.53 Å². The zero-order chi connectivity index (χ0) is 18.6. The summed E-state index contributed by atoms with van der Waals surface area (Å²) in [4.78, 5) is 17.1. The number of nitrogens with zero attached hydrogens (tertiary/aromatic N) is 1. The van der Waals surface area contributed by atoms with Crippen LogP contribution in [0.4, 0.5) is 0 Å². The van der Waals surface area contributed by atoms with E-state index in [0.29, 0.717) is 16.3 Å². The fraction of sp³-hybridized carbons (Fsp3) is 0.524. The minimum Gasteiger partial charge on any atom is -0.480 e. The first-order chi connectivity index (χ1) is 13.0. The van der Waals surface area contributed by atoms with Gasteiger partial charge in [0.2, 0.25) is 0 Å². The highest BCUT2D eigenvalue weighted by Gasteiger charge is 2.51. The summed E-state index contributed by atoms with van der Waals surface area (Å²) in [5.41, 5.74) is 0.722. The molecule has 4 saturated carbocycles. The maximum atomic E-state index is 12.7. The average molecular weight is 497 g/mol. The number of carbonyl (C=O) groups excluding carboxylic acids is 1. The van der Waals surface area contributed by atoms with E-state index in [1.165, 1.54) is 19.3 Å². The molecule has 4 nitrogen and oxygen atoms in total. The van der Waals surface area contributed by atoms with Crippen LogP contribution in [0.1, 0.15) is 38.5 Å². The normalized spacial score (nSPS) is 31.3. The highest BCUT2D eigenvalue weighted by molar-refractivity contribution is 14.1. The summed E-state index contributed by atoms with van der Waals surface area (Å²) in [6.07, 6.45) is 9.26. The van der Waals surface area contributed by atoms with Crippen LogP contribution in [-0.4, -0.2) is 23.0 Å². The van der Waals surface area contributed by atoms with Gasteiger partial charge < -0.3 is 10.1 Å². The topological polar surface area (TPSA) is 51.2 Å². The summed E-state index contributed by atoms with van der Waals surface area (Å²) >= 11 is 8.51. The van der Waals surface area contributed by atoms with Gasteiger partial charge in [-0.1, -0.05) is 11.6 Å². The lowest BCUT2D eigenvalue weighted by Gasteiger charge is -2.56. The van der Waals surface area contributed by atoms with Crippen LogP contribution in [0.25, 0.3) is 10.9 Å². The van der Waals surface area contributed by atoms with Crippen LogP contribution >= 0.6 is 34.2 Å². The number of ether oxygens (including phenoxy) is 1. The molecule has 0 spiro atoms. The van der Waals surface area contributed by atoms with Crippen LogP contribution in [0.15, 0.2) is 24.4 Å². The largest absolute Gasteiger partial charge is 0.480 e. The Hall–Kier alpha value is -1.08. The molecule has 0 atom stereocenters. The summed E-state index contributed by atoms with van der Waals surface area (Å²) < 4.78 is 6.81. The number of benzene rings is 1. The molecule has 2 aromatic rings. The van der Waals surface area contributed by atoms with Crippen molar-refractivity contribution in [1.82, 2.24) is 10.3 Å². The molecule has 27 heavy (non-hydrogen) atoms. The van der Waals surface area contributed by atoms with Gasteiger partial charge in [0.25, 0.3) is 5.91 Å². The van der Waals surface area contributed by atoms with E-state index < -0.39 is 0 Å². The first kappa shape index (κ1) is 18.0. The molecular formula is C21H22ClIN2O2. The molecule has 1 amide bonds. The first-order valence-corrected chi connectivity index (χ1v) is 11.1. The van der Waals surface area contributed by atoms with Gasteiger partial charge in [-0.25, -0.2) is 0 Å². The summed E-state index contributed by atoms with van der Waals surface area (Å²) in [6, 6.07) is 5.63. The van der Waals surface area contributed by atoms with E-state index in [4.69, 9.17) is 16.3 Å². The van der Waals surface area contributed by atoms with Crippen molar-refractivity contribution >= 4 is 51.0 Å². The summed E-state index contributed by atoms with van der Waals surface area (Å²) in [7, 11) is 0. The summed E-state index contributed by atoms with van der Waals surface area (Å²) in [5, 5.41) is 4.85. The van der Waals surface area contributed by atoms with Crippen LogP contribution in [0.3, 0.4) is 0 Å². The van der Waals surface area contributed by atoms with Gasteiger partial charge >= 0.3 is 0 Å². The van der Waals surface area contributed by atoms with Crippen LogP contribution in [0.5, 0.6) is 5.75 Å². The fourth-order valence-corrected chi connectivity index (χ4v) is 7.19. The molecule has 6 heteroatoms. The molecule has 1 N–H and O–H groups in total. The van der Waals surface area contributed by atoms with E-state index in [1.54, 1.807) is 6.20 Å². The maximum Gasteiger partial charge on any atom is 0.258 e. The number of carbonyl (C=O) groups is 1. The monoisotopic (exact) mass is 496 g/mol. The number of pyridine rings is 1. The van der Waals surface area contributed by atoms with Crippen LogP contribution in [0, 0.1) is 21.3 Å². The molecule has 4 aliphatic carbocycles. The van der Waals surface area contributed by atoms with Crippen LogP contribution in [0.2, 0.25) is 5.02 Å². The standard InChI is InChI=1S/C21H22ClIN2O2/c22-16-7-17(23)20(19-15(16)2-1-3-24-19)27-11-18(26)25-21-8-12-4-13(9-21)6-14(5-12)10-21/h1-3,7,12-14H,4-6,8-11H2,(H,25,26). The number of amides is 1. The number of hydrogen-bond acceptors (Lipinski definition) is 3. The number of hydrogen-bond donors (Lipinski definition) is 1. The molecule has 0 saturated heterocycles. The SMILES string of the molecule is O=C(COc1c(I)cc(Cl)c2cccnc12)NC12CC3CC(CC(C3)C1)C2. The molecular weight excluding hydrogens is 475 g/mol. The van der Waals surface area contributed by atoms with Crippen molar-refractivity contribution in [3.8, 4) is 5.75 Å². The number of halogens is 2. The fourth-order valence-electron chi connectivity index (χ4n) is 6.02. The number of nitrogens with one attached hydrogen (secondary N) is 1. The molecule has 0 unspecified atom stereocenters. The van der Waals surface area contributed by atoms with E-state index in [2.05, 4.69) is 32.9 Å². The summed E-state index contributed by atoms with van der Waals surface area (Å²) in [6.45, 7) is 0.0189. The second-order valence-corrected chi connectivity index (χ2v) is 10.2. The second-order valence-electron chi connectivity index (χ2n) is 8.60. The third-order valence-corrected chi connectivity index (χ3v) is 7.65. The average Bonchev–Trinajstić information content (AvgIpc) is 2.60. The van der Waals surface area contributed by atoms with Gasteiger partial charge in [0.15, 0.2) is 12.4 Å². The van der Waals surface area contributed by atoms with Crippen molar-refractivity contribution in [2.24, 2.45) is 17.8 Å². The minimum absolute atomic E-state index is 0.0165. The van der Waals surface area contributed by atoms with Gasteiger partial charge in [-0.15, -0.1) is 0 Å². The molecule has 6 rings (SSSR count). The molecule has 4 bridgehead atoms. The quantitative estimate of drug-likeness (QED) is 0.609. The highest BCUT2D eigenvalue weighted by atomic mass is 127. The van der Waals surface area contributed by atoms with E-state index >= 15 is 0 Å². The van der Waals surface area contributed by atoms with Crippen molar-refractivity contribution in [2.45, 2.75) is 44.1 Å². The Bertz CT molecular complexity index is 881.